The SMILES string of the molecule is CCOC(=O)C(CCOC1CCC(C)CC1)NC(C)C. The highest BCUT2D eigenvalue weighted by molar-refractivity contribution is 5.75. The molecule has 4 heteroatoms. The van der Waals surface area contributed by atoms with Crippen molar-refractivity contribution in [3.05, 3.63) is 0 Å². The van der Waals surface area contributed by atoms with Crippen molar-refractivity contribution in [1.29, 1.82) is 0 Å². The van der Waals surface area contributed by atoms with Crippen molar-refractivity contribution < 1.29 is 14.3 Å². The summed E-state index contributed by atoms with van der Waals surface area (Å²) in [6.45, 7) is 9.27. The van der Waals surface area contributed by atoms with E-state index in [-0.39, 0.29) is 18.1 Å². The van der Waals surface area contributed by atoms with E-state index >= 15 is 0 Å². The van der Waals surface area contributed by atoms with Crippen LogP contribution < -0.4 is 5.32 Å². The molecule has 20 heavy (non-hydrogen) atoms. The van der Waals surface area contributed by atoms with E-state index in [4.69, 9.17) is 9.47 Å². The summed E-state index contributed by atoms with van der Waals surface area (Å²) in [5, 5.41) is 3.25. The van der Waals surface area contributed by atoms with Crippen LogP contribution in [0.5, 0.6) is 0 Å². The van der Waals surface area contributed by atoms with Crippen molar-refractivity contribution in [2.75, 3.05) is 13.2 Å². The normalized spacial score (nSPS) is 24.6. The summed E-state index contributed by atoms with van der Waals surface area (Å²) in [6, 6.07) is 0.0115. The number of hydrogen-bond acceptors (Lipinski definition) is 4. The smallest absolute Gasteiger partial charge is 0.323 e. The molecule has 0 aromatic carbocycles. The number of hydrogen-bond donors (Lipinski definition) is 1. The molecule has 0 saturated heterocycles. The highest BCUT2D eigenvalue weighted by atomic mass is 16.5. The number of esters is 1. The van der Waals surface area contributed by atoms with Crippen LogP contribution >= 0.6 is 0 Å². The number of nitrogens with one attached hydrogen (secondary N) is 1. The lowest BCUT2D eigenvalue weighted by atomic mass is 9.89. The number of carbonyl (C=O) groups is 1. The van der Waals surface area contributed by atoms with Gasteiger partial charge in [-0.2, -0.15) is 0 Å². The van der Waals surface area contributed by atoms with Crippen molar-refractivity contribution in [2.45, 2.75) is 78.0 Å². The molecule has 0 aromatic rings. The van der Waals surface area contributed by atoms with Gasteiger partial charge in [-0.1, -0.05) is 20.8 Å². The molecular formula is C16H31NO3. The molecular weight excluding hydrogens is 254 g/mol. The maximum Gasteiger partial charge on any atom is 0.323 e. The topological polar surface area (TPSA) is 47.6 Å². The Labute approximate surface area is 123 Å². The van der Waals surface area contributed by atoms with Crippen molar-refractivity contribution in [2.24, 2.45) is 5.92 Å². The molecule has 1 atom stereocenters. The Morgan fingerprint density at radius 3 is 2.45 bits per heavy atom. The summed E-state index contributed by atoms with van der Waals surface area (Å²) in [7, 11) is 0. The summed E-state index contributed by atoms with van der Waals surface area (Å²) in [4.78, 5) is 11.9. The average Bonchev–Trinajstić information content (AvgIpc) is 2.39. The van der Waals surface area contributed by atoms with Crippen molar-refractivity contribution in [1.82, 2.24) is 5.32 Å². The molecule has 0 aromatic heterocycles. The average molecular weight is 285 g/mol. The van der Waals surface area contributed by atoms with Gasteiger partial charge in [0, 0.05) is 12.6 Å². The first-order chi connectivity index (χ1) is 9.52. The van der Waals surface area contributed by atoms with Gasteiger partial charge in [0.2, 0.25) is 0 Å². The molecule has 1 rings (SSSR count). The van der Waals surface area contributed by atoms with Gasteiger partial charge in [-0.05, 0) is 44.9 Å². The second kappa shape index (κ2) is 9.35. The van der Waals surface area contributed by atoms with E-state index < -0.39 is 0 Å². The Balaban J connectivity index is 2.28. The zero-order chi connectivity index (χ0) is 15.0. The van der Waals surface area contributed by atoms with E-state index in [1.165, 1.54) is 12.8 Å². The van der Waals surface area contributed by atoms with Gasteiger partial charge in [-0.15, -0.1) is 0 Å². The van der Waals surface area contributed by atoms with E-state index in [1.54, 1.807) is 0 Å². The molecule has 0 spiro atoms. The standard InChI is InChI=1S/C16H31NO3/c1-5-19-16(18)15(17-12(2)3)10-11-20-14-8-6-13(4)7-9-14/h12-15,17H,5-11H2,1-4H3. The van der Waals surface area contributed by atoms with Gasteiger partial charge < -0.3 is 14.8 Å². The summed E-state index contributed by atoms with van der Waals surface area (Å²) in [5.74, 6) is 0.673. The van der Waals surface area contributed by atoms with Crippen LogP contribution in [0.1, 0.15) is 59.8 Å². The second-order valence-electron chi connectivity index (χ2n) is 6.17. The number of carbonyl (C=O) groups excluding carboxylic acids is 1. The first kappa shape index (κ1) is 17.4. The van der Waals surface area contributed by atoms with Gasteiger partial charge in [0.25, 0.3) is 0 Å². The fourth-order valence-electron chi connectivity index (χ4n) is 2.66. The summed E-state index contributed by atoms with van der Waals surface area (Å²) in [6.07, 6.45) is 5.90. The maximum absolute atomic E-state index is 11.9. The molecule has 1 saturated carbocycles. The van der Waals surface area contributed by atoms with Crippen LogP contribution in [-0.2, 0) is 14.3 Å². The van der Waals surface area contributed by atoms with Crippen LogP contribution in [0.2, 0.25) is 0 Å². The first-order valence-corrected chi connectivity index (χ1v) is 8.07. The van der Waals surface area contributed by atoms with Gasteiger partial charge in [0.15, 0.2) is 0 Å². The Kier molecular flexibility index (Phi) is 8.15. The lowest BCUT2D eigenvalue weighted by Gasteiger charge is -2.27. The molecule has 0 radical (unpaired) electrons. The van der Waals surface area contributed by atoms with Crippen LogP contribution in [-0.4, -0.2) is 37.4 Å². The molecule has 1 N–H and O–H groups in total. The zero-order valence-electron chi connectivity index (χ0n) is 13.5. The molecule has 1 fully saturated rings. The van der Waals surface area contributed by atoms with E-state index in [2.05, 4.69) is 12.2 Å². The van der Waals surface area contributed by atoms with E-state index in [0.29, 0.717) is 25.7 Å². The van der Waals surface area contributed by atoms with Crippen LogP contribution in [0.4, 0.5) is 0 Å². The molecule has 0 heterocycles. The Morgan fingerprint density at radius 2 is 1.90 bits per heavy atom. The third kappa shape index (κ3) is 6.71. The van der Waals surface area contributed by atoms with Crippen LogP contribution in [0.15, 0.2) is 0 Å². The largest absolute Gasteiger partial charge is 0.465 e. The van der Waals surface area contributed by atoms with Crippen LogP contribution in [0.25, 0.3) is 0 Å². The fraction of sp³-hybridized carbons (Fsp3) is 0.938. The Hall–Kier alpha value is -0.610. The fourth-order valence-corrected chi connectivity index (χ4v) is 2.66. The van der Waals surface area contributed by atoms with Gasteiger partial charge in [0.05, 0.1) is 12.7 Å². The molecule has 0 bridgehead atoms. The number of ether oxygens (including phenoxy) is 2. The van der Waals surface area contributed by atoms with E-state index in [0.717, 1.165) is 18.8 Å². The third-order valence-corrected chi connectivity index (χ3v) is 3.83. The first-order valence-electron chi connectivity index (χ1n) is 8.07. The predicted octanol–water partition coefficient (Wildman–Crippen LogP) is 2.90. The van der Waals surface area contributed by atoms with Crippen molar-refractivity contribution >= 4 is 5.97 Å². The molecule has 118 valence electrons. The van der Waals surface area contributed by atoms with E-state index in [9.17, 15) is 4.79 Å². The van der Waals surface area contributed by atoms with Crippen LogP contribution in [0.3, 0.4) is 0 Å². The van der Waals surface area contributed by atoms with Crippen LogP contribution in [0, 0.1) is 5.92 Å². The van der Waals surface area contributed by atoms with Gasteiger partial charge >= 0.3 is 5.97 Å². The molecule has 1 unspecified atom stereocenters. The molecule has 4 nitrogen and oxygen atoms in total. The summed E-state index contributed by atoms with van der Waals surface area (Å²) < 4.78 is 11.0. The summed E-state index contributed by atoms with van der Waals surface area (Å²) in [5.41, 5.74) is 0. The molecule has 0 aliphatic heterocycles. The third-order valence-electron chi connectivity index (χ3n) is 3.83. The minimum atomic E-state index is -0.252. The van der Waals surface area contributed by atoms with Gasteiger partial charge in [-0.3, -0.25) is 4.79 Å². The predicted molar refractivity (Wildman–Crippen MR) is 80.7 cm³/mol. The monoisotopic (exact) mass is 285 g/mol. The Bertz CT molecular complexity index is 273. The summed E-state index contributed by atoms with van der Waals surface area (Å²) >= 11 is 0. The van der Waals surface area contributed by atoms with Gasteiger partial charge in [-0.25, -0.2) is 0 Å². The highest BCUT2D eigenvalue weighted by Gasteiger charge is 2.22. The van der Waals surface area contributed by atoms with Crippen molar-refractivity contribution in [3.8, 4) is 0 Å². The van der Waals surface area contributed by atoms with E-state index in [1.807, 2.05) is 20.8 Å². The Morgan fingerprint density at radius 1 is 1.25 bits per heavy atom. The second-order valence-corrected chi connectivity index (χ2v) is 6.17. The van der Waals surface area contributed by atoms with Gasteiger partial charge in [0.1, 0.15) is 6.04 Å². The lowest BCUT2D eigenvalue weighted by molar-refractivity contribution is -0.146. The number of rotatable bonds is 8. The highest BCUT2D eigenvalue weighted by Crippen LogP contribution is 2.25. The minimum Gasteiger partial charge on any atom is -0.465 e. The molecule has 0 amide bonds. The van der Waals surface area contributed by atoms with Crippen molar-refractivity contribution in [3.63, 3.8) is 0 Å². The maximum atomic E-state index is 11.9. The lowest BCUT2D eigenvalue weighted by Crippen LogP contribution is -2.43. The molecule has 1 aliphatic carbocycles. The minimum absolute atomic E-state index is 0.165. The zero-order valence-corrected chi connectivity index (χ0v) is 13.5. The quantitative estimate of drug-likeness (QED) is 0.697. The molecule has 1 aliphatic rings.